The summed E-state index contributed by atoms with van der Waals surface area (Å²) in [6.07, 6.45) is 0.876. The molecular weight excluding hydrogens is 320 g/mol. The van der Waals surface area contributed by atoms with E-state index >= 15 is 0 Å². The van der Waals surface area contributed by atoms with E-state index in [4.69, 9.17) is 0 Å². The quantitative estimate of drug-likeness (QED) is 0.843. The van der Waals surface area contributed by atoms with Crippen LogP contribution in [0.3, 0.4) is 0 Å². The molecule has 2 unspecified atom stereocenters. The maximum Gasteiger partial charge on any atom is 0.241 e. The summed E-state index contributed by atoms with van der Waals surface area (Å²) < 4.78 is 1.04. The average molecular weight is 339 g/mol. The number of nitrogens with zero attached hydrogens (tertiary/aromatic N) is 2. The zero-order valence-electron chi connectivity index (χ0n) is 12.0. The lowest BCUT2D eigenvalue weighted by Crippen LogP contribution is -2.38. The Kier molecular flexibility index (Phi) is 4.48. The van der Waals surface area contributed by atoms with Gasteiger partial charge in [-0.05, 0) is 30.0 Å². The first-order chi connectivity index (χ1) is 9.40. The Hall–Kier alpha value is -1.36. The smallest absolute Gasteiger partial charge is 0.241 e. The van der Waals surface area contributed by atoms with Gasteiger partial charge in [-0.3, -0.25) is 9.59 Å². The number of hydrogen-bond acceptors (Lipinski definition) is 2. The highest BCUT2D eigenvalue weighted by atomic mass is 79.9. The summed E-state index contributed by atoms with van der Waals surface area (Å²) in [5.74, 6) is 0.332. The second kappa shape index (κ2) is 5.95. The van der Waals surface area contributed by atoms with Crippen LogP contribution in [0.4, 0.5) is 0 Å². The van der Waals surface area contributed by atoms with E-state index < -0.39 is 0 Å². The van der Waals surface area contributed by atoms with Crippen molar-refractivity contribution < 1.29 is 9.59 Å². The van der Waals surface area contributed by atoms with E-state index in [0.717, 1.165) is 10.9 Å². The summed E-state index contributed by atoms with van der Waals surface area (Å²) in [4.78, 5) is 26.9. The summed E-state index contributed by atoms with van der Waals surface area (Å²) in [5, 5.41) is 0. The van der Waals surface area contributed by atoms with Crippen molar-refractivity contribution in [3.05, 3.63) is 34.3 Å². The number of rotatable bonds is 4. The van der Waals surface area contributed by atoms with E-state index in [1.54, 1.807) is 21.1 Å². The van der Waals surface area contributed by atoms with E-state index in [-0.39, 0.29) is 24.3 Å². The zero-order chi connectivity index (χ0) is 14.9. The van der Waals surface area contributed by atoms with E-state index in [1.165, 1.54) is 15.4 Å². The van der Waals surface area contributed by atoms with Crippen LogP contribution in [0.5, 0.6) is 0 Å². The molecule has 1 aromatic carbocycles. The van der Waals surface area contributed by atoms with Crippen LogP contribution in [-0.2, 0) is 9.59 Å². The number of carbonyl (C=O) groups is 2. The second-order valence-corrected chi connectivity index (χ2v) is 6.40. The molecule has 5 heteroatoms. The van der Waals surface area contributed by atoms with Crippen LogP contribution in [0, 0.1) is 5.92 Å². The third-order valence-electron chi connectivity index (χ3n) is 3.65. The van der Waals surface area contributed by atoms with Crippen molar-refractivity contribution in [1.82, 2.24) is 9.80 Å². The van der Waals surface area contributed by atoms with Gasteiger partial charge >= 0.3 is 0 Å². The first kappa shape index (κ1) is 15.0. The molecule has 0 radical (unpaired) electrons. The SMILES string of the molecule is CN(C)C(=O)CN(C)C(=O)C1CC1c1ccc(Br)cc1. The highest BCUT2D eigenvalue weighted by Gasteiger charge is 2.45. The van der Waals surface area contributed by atoms with Crippen LogP contribution >= 0.6 is 15.9 Å². The molecule has 0 bridgehead atoms. The molecule has 1 aliphatic rings. The molecule has 2 amide bonds. The molecule has 1 saturated carbocycles. The summed E-state index contributed by atoms with van der Waals surface area (Å²) in [6.45, 7) is 0.148. The molecule has 0 N–H and O–H groups in total. The molecule has 0 heterocycles. The van der Waals surface area contributed by atoms with Gasteiger partial charge in [-0.15, -0.1) is 0 Å². The van der Waals surface area contributed by atoms with Gasteiger partial charge in [0.15, 0.2) is 0 Å². The second-order valence-electron chi connectivity index (χ2n) is 5.48. The fraction of sp³-hybridized carbons (Fsp3) is 0.467. The van der Waals surface area contributed by atoms with Gasteiger partial charge in [0.05, 0.1) is 6.54 Å². The Morgan fingerprint density at radius 1 is 1.20 bits per heavy atom. The molecule has 0 saturated heterocycles. The van der Waals surface area contributed by atoms with Gasteiger partial charge in [0, 0.05) is 31.5 Å². The molecule has 0 spiro atoms. The van der Waals surface area contributed by atoms with Gasteiger partial charge in [0.2, 0.25) is 11.8 Å². The Morgan fingerprint density at radius 3 is 2.35 bits per heavy atom. The average Bonchev–Trinajstić information content (AvgIpc) is 3.18. The highest BCUT2D eigenvalue weighted by Crippen LogP contribution is 2.48. The standard InChI is InChI=1S/C15H19BrN2O2/c1-17(2)14(19)9-18(3)15(20)13-8-12(13)10-4-6-11(16)7-5-10/h4-7,12-13H,8-9H2,1-3H3. The van der Waals surface area contributed by atoms with Crippen molar-refractivity contribution in [2.24, 2.45) is 5.92 Å². The van der Waals surface area contributed by atoms with E-state index in [9.17, 15) is 9.59 Å². The Bertz CT molecular complexity index is 513. The lowest BCUT2D eigenvalue weighted by molar-refractivity contribution is -0.138. The largest absolute Gasteiger partial charge is 0.347 e. The Labute approximate surface area is 127 Å². The topological polar surface area (TPSA) is 40.6 Å². The van der Waals surface area contributed by atoms with Gasteiger partial charge in [-0.25, -0.2) is 0 Å². The van der Waals surface area contributed by atoms with Gasteiger partial charge in [-0.1, -0.05) is 28.1 Å². The van der Waals surface area contributed by atoms with Crippen molar-refractivity contribution in [1.29, 1.82) is 0 Å². The summed E-state index contributed by atoms with van der Waals surface area (Å²) >= 11 is 3.41. The first-order valence-electron chi connectivity index (χ1n) is 6.60. The zero-order valence-corrected chi connectivity index (χ0v) is 13.6. The molecule has 0 aromatic heterocycles. The predicted molar refractivity (Wildman–Crippen MR) is 81.3 cm³/mol. The van der Waals surface area contributed by atoms with Crippen LogP contribution in [0.25, 0.3) is 0 Å². The van der Waals surface area contributed by atoms with E-state index in [2.05, 4.69) is 15.9 Å². The molecule has 1 fully saturated rings. The maximum absolute atomic E-state index is 12.3. The van der Waals surface area contributed by atoms with Gasteiger partial charge in [-0.2, -0.15) is 0 Å². The maximum atomic E-state index is 12.3. The van der Waals surface area contributed by atoms with Crippen LogP contribution in [0.15, 0.2) is 28.7 Å². The first-order valence-corrected chi connectivity index (χ1v) is 7.40. The fourth-order valence-corrected chi connectivity index (χ4v) is 2.52. The summed E-state index contributed by atoms with van der Waals surface area (Å²) in [5.41, 5.74) is 1.19. The minimum absolute atomic E-state index is 0.0242. The van der Waals surface area contributed by atoms with Crippen LogP contribution < -0.4 is 0 Å². The fourth-order valence-electron chi connectivity index (χ4n) is 2.25. The molecule has 2 rings (SSSR count). The van der Waals surface area contributed by atoms with Crippen molar-refractivity contribution in [2.75, 3.05) is 27.7 Å². The van der Waals surface area contributed by atoms with Crippen LogP contribution in [0.1, 0.15) is 17.9 Å². The van der Waals surface area contributed by atoms with Gasteiger partial charge < -0.3 is 9.80 Å². The summed E-state index contributed by atoms with van der Waals surface area (Å²) in [6, 6.07) is 8.09. The highest BCUT2D eigenvalue weighted by molar-refractivity contribution is 9.10. The predicted octanol–water partition coefficient (Wildman–Crippen LogP) is 2.10. The van der Waals surface area contributed by atoms with Crippen molar-refractivity contribution in [2.45, 2.75) is 12.3 Å². The van der Waals surface area contributed by atoms with Gasteiger partial charge in [0.25, 0.3) is 0 Å². The summed E-state index contributed by atoms with van der Waals surface area (Å²) in [7, 11) is 5.09. The number of amides is 2. The number of benzene rings is 1. The number of hydrogen-bond donors (Lipinski definition) is 0. The molecule has 0 aliphatic heterocycles. The molecule has 1 aromatic rings. The Morgan fingerprint density at radius 2 is 1.80 bits per heavy atom. The van der Waals surface area contributed by atoms with Crippen molar-refractivity contribution in [3.63, 3.8) is 0 Å². The lowest BCUT2D eigenvalue weighted by atomic mass is 10.1. The molecule has 108 valence electrons. The van der Waals surface area contributed by atoms with E-state index in [1.807, 2.05) is 24.3 Å². The third-order valence-corrected chi connectivity index (χ3v) is 4.18. The normalized spacial score (nSPS) is 20.4. The van der Waals surface area contributed by atoms with Crippen LogP contribution in [-0.4, -0.2) is 49.3 Å². The number of halogens is 1. The number of likely N-dealkylation sites (N-methyl/N-ethyl adjacent to an activating group) is 2. The molecular formula is C15H19BrN2O2. The van der Waals surface area contributed by atoms with E-state index in [0.29, 0.717) is 5.92 Å². The molecule has 2 atom stereocenters. The molecule has 20 heavy (non-hydrogen) atoms. The van der Waals surface area contributed by atoms with Crippen molar-refractivity contribution in [3.8, 4) is 0 Å². The van der Waals surface area contributed by atoms with Gasteiger partial charge in [0.1, 0.15) is 0 Å². The molecule has 4 nitrogen and oxygen atoms in total. The molecule has 1 aliphatic carbocycles. The van der Waals surface area contributed by atoms with Crippen molar-refractivity contribution >= 4 is 27.7 Å². The Balaban J connectivity index is 1.92. The lowest BCUT2D eigenvalue weighted by Gasteiger charge is -2.19. The third kappa shape index (κ3) is 3.39. The van der Waals surface area contributed by atoms with Crippen LogP contribution in [0.2, 0.25) is 0 Å². The minimum atomic E-state index is -0.0540. The monoisotopic (exact) mass is 338 g/mol. The minimum Gasteiger partial charge on any atom is -0.347 e. The number of carbonyl (C=O) groups excluding carboxylic acids is 2.